The Hall–Kier alpha value is -1.14. The van der Waals surface area contributed by atoms with Crippen LogP contribution in [-0.2, 0) is 19.1 Å². The Kier molecular flexibility index (Phi) is 21.3. The first-order chi connectivity index (χ1) is 15.0. The van der Waals surface area contributed by atoms with Crippen LogP contribution in [0.1, 0.15) is 117 Å². The zero-order valence-corrected chi connectivity index (χ0v) is 20.1. The average molecular weight is 445 g/mol. The molecule has 0 aliphatic heterocycles. The van der Waals surface area contributed by atoms with Crippen LogP contribution < -0.4 is 0 Å². The van der Waals surface area contributed by atoms with Crippen molar-refractivity contribution >= 4 is 11.9 Å². The van der Waals surface area contributed by atoms with Crippen molar-refractivity contribution in [2.75, 3.05) is 19.8 Å². The van der Waals surface area contributed by atoms with E-state index in [0.717, 1.165) is 18.8 Å². The minimum Gasteiger partial charge on any atom is -0.466 e. The summed E-state index contributed by atoms with van der Waals surface area (Å²) in [5.74, 6) is -0.135. The summed E-state index contributed by atoms with van der Waals surface area (Å²) in [7, 11) is 0. The predicted molar refractivity (Wildman–Crippen MR) is 124 cm³/mol. The van der Waals surface area contributed by atoms with Crippen LogP contribution >= 0.6 is 0 Å². The summed E-state index contributed by atoms with van der Waals surface area (Å²) >= 11 is 0. The molecule has 184 valence electrons. The molecule has 6 nitrogen and oxygen atoms in total. The van der Waals surface area contributed by atoms with Crippen molar-refractivity contribution in [3.05, 3.63) is 0 Å². The van der Waals surface area contributed by atoms with Crippen LogP contribution in [0.25, 0.3) is 0 Å². The highest BCUT2D eigenvalue weighted by Gasteiger charge is 2.11. The molecule has 0 aromatic heterocycles. The van der Waals surface area contributed by atoms with Crippen molar-refractivity contribution in [3.8, 4) is 0 Å². The summed E-state index contributed by atoms with van der Waals surface area (Å²) < 4.78 is 9.85. The maximum absolute atomic E-state index is 11.6. The molecular formula is C25H48O6. The normalized spacial score (nSPS) is 12.2. The van der Waals surface area contributed by atoms with E-state index in [1.807, 2.05) is 0 Å². The van der Waals surface area contributed by atoms with Crippen molar-refractivity contribution in [2.24, 2.45) is 5.92 Å². The third-order valence-electron chi connectivity index (χ3n) is 5.37. The second kappa shape index (κ2) is 22.1. The molecule has 0 aromatic rings. The quantitative estimate of drug-likeness (QED) is 0.173. The molecule has 0 fully saturated rings. The molecule has 0 amide bonds. The Morgan fingerprint density at radius 1 is 0.677 bits per heavy atom. The fraction of sp³-hybridized carbons (Fsp3) is 0.920. The van der Waals surface area contributed by atoms with Crippen molar-refractivity contribution < 1.29 is 29.3 Å². The van der Waals surface area contributed by atoms with Gasteiger partial charge in [-0.1, -0.05) is 97.3 Å². The molecule has 31 heavy (non-hydrogen) atoms. The Balaban J connectivity index is 3.27. The fourth-order valence-corrected chi connectivity index (χ4v) is 3.38. The lowest BCUT2D eigenvalue weighted by atomic mass is 10.0. The third-order valence-corrected chi connectivity index (χ3v) is 5.37. The van der Waals surface area contributed by atoms with E-state index in [1.54, 1.807) is 0 Å². The number of hydrogen-bond acceptors (Lipinski definition) is 6. The molecule has 0 saturated carbocycles. The highest BCUT2D eigenvalue weighted by atomic mass is 16.5. The van der Waals surface area contributed by atoms with Crippen molar-refractivity contribution in [1.82, 2.24) is 0 Å². The van der Waals surface area contributed by atoms with Crippen LogP contribution in [0.5, 0.6) is 0 Å². The third kappa shape index (κ3) is 23.4. The molecule has 1 atom stereocenters. The number of carbonyl (C=O) groups is 2. The van der Waals surface area contributed by atoms with Crippen LogP contribution in [-0.4, -0.2) is 48.1 Å². The number of hydrogen-bond donors (Lipinski definition) is 2. The first-order valence-corrected chi connectivity index (χ1v) is 12.6. The van der Waals surface area contributed by atoms with Gasteiger partial charge in [0.15, 0.2) is 0 Å². The van der Waals surface area contributed by atoms with Crippen LogP contribution in [0.3, 0.4) is 0 Å². The van der Waals surface area contributed by atoms with Gasteiger partial charge in [0.2, 0.25) is 0 Å². The van der Waals surface area contributed by atoms with E-state index in [2.05, 4.69) is 13.8 Å². The van der Waals surface area contributed by atoms with E-state index in [4.69, 9.17) is 19.7 Å². The molecule has 0 saturated heterocycles. The summed E-state index contributed by atoms with van der Waals surface area (Å²) in [6, 6.07) is 0. The van der Waals surface area contributed by atoms with E-state index in [1.165, 1.54) is 77.0 Å². The van der Waals surface area contributed by atoms with Crippen molar-refractivity contribution in [1.29, 1.82) is 0 Å². The van der Waals surface area contributed by atoms with Gasteiger partial charge in [-0.25, -0.2) is 0 Å². The molecule has 0 bridgehead atoms. The monoisotopic (exact) mass is 444 g/mol. The van der Waals surface area contributed by atoms with Gasteiger partial charge in [0.05, 0.1) is 26.1 Å². The molecule has 0 heterocycles. The molecule has 6 heteroatoms. The Morgan fingerprint density at radius 2 is 1.10 bits per heavy atom. The molecular weight excluding hydrogens is 396 g/mol. The number of aliphatic hydroxyl groups excluding tert-OH is 2. The zero-order chi connectivity index (χ0) is 23.2. The van der Waals surface area contributed by atoms with Gasteiger partial charge in [0.25, 0.3) is 0 Å². The zero-order valence-electron chi connectivity index (χ0n) is 20.1. The van der Waals surface area contributed by atoms with Crippen LogP contribution in [0, 0.1) is 5.92 Å². The van der Waals surface area contributed by atoms with Crippen molar-refractivity contribution in [3.63, 3.8) is 0 Å². The summed E-state index contributed by atoms with van der Waals surface area (Å²) in [5.41, 5.74) is 0. The fourth-order valence-electron chi connectivity index (χ4n) is 3.38. The summed E-state index contributed by atoms with van der Waals surface area (Å²) in [5, 5.41) is 17.7. The van der Waals surface area contributed by atoms with Gasteiger partial charge in [-0.2, -0.15) is 0 Å². The molecule has 1 unspecified atom stereocenters. The van der Waals surface area contributed by atoms with Gasteiger partial charge in [-0.05, 0) is 12.3 Å². The molecule has 0 aliphatic rings. The molecule has 0 aromatic carbocycles. The SMILES string of the molecule is CC(C)CCCCCCCCCCCCCCCOC(=O)CCC(=O)OCC(O)CO. The van der Waals surface area contributed by atoms with Gasteiger partial charge < -0.3 is 19.7 Å². The molecule has 0 aliphatic carbocycles. The van der Waals surface area contributed by atoms with Gasteiger partial charge in [-0.15, -0.1) is 0 Å². The number of esters is 2. The first-order valence-electron chi connectivity index (χ1n) is 12.6. The maximum Gasteiger partial charge on any atom is 0.306 e. The Labute approximate surface area is 190 Å². The lowest BCUT2D eigenvalue weighted by Gasteiger charge is -2.08. The maximum atomic E-state index is 11.6. The minimum absolute atomic E-state index is 0.0218. The lowest BCUT2D eigenvalue weighted by molar-refractivity contribution is -0.152. The standard InChI is InChI=1S/C25H48O6/c1-22(2)16-14-12-10-8-6-4-3-5-7-9-11-13-15-19-30-24(28)17-18-25(29)31-21-23(27)20-26/h22-23,26-27H,3-21H2,1-2H3. The van der Waals surface area contributed by atoms with Gasteiger partial charge >= 0.3 is 11.9 Å². The van der Waals surface area contributed by atoms with Crippen LogP contribution in [0.15, 0.2) is 0 Å². The van der Waals surface area contributed by atoms with E-state index in [9.17, 15) is 9.59 Å². The van der Waals surface area contributed by atoms with Gasteiger partial charge in [-0.3, -0.25) is 9.59 Å². The topological polar surface area (TPSA) is 93.1 Å². The Morgan fingerprint density at radius 3 is 1.55 bits per heavy atom. The molecule has 0 rings (SSSR count). The van der Waals surface area contributed by atoms with Crippen molar-refractivity contribution in [2.45, 2.75) is 123 Å². The lowest BCUT2D eigenvalue weighted by Crippen LogP contribution is -2.22. The first kappa shape index (κ1) is 29.9. The molecule has 0 spiro atoms. The number of unbranched alkanes of at least 4 members (excludes halogenated alkanes) is 12. The van der Waals surface area contributed by atoms with E-state index in [0.29, 0.717) is 6.61 Å². The Bertz CT molecular complexity index is 424. The van der Waals surface area contributed by atoms with Crippen LogP contribution in [0.4, 0.5) is 0 Å². The largest absolute Gasteiger partial charge is 0.466 e. The summed E-state index contributed by atoms with van der Waals surface area (Å²) in [6.07, 6.45) is 16.8. The van der Waals surface area contributed by atoms with E-state index >= 15 is 0 Å². The van der Waals surface area contributed by atoms with Gasteiger partial charge in [0, 0.05) is 0 Å². The number of rotatable bonds is 22. The predicted octanol–water partition coefficient (Wildman–Crippen LogP) is 5.32. The number of ether oxygens (including phenoxy) is 2. The smallest absolute Gasteiger partial charge is 0.306 e. The summed E-state index contributed by atoms with van der Waals surface area (Å²) in [4.78, 5) is 23.0. The molecule has 0 radical (unpaired) electrons. The minimum atomic E-state index is -1.08. The van der Waals surface area contributed by atoms with Gasteiger partial charge in [0.1, 0.15) is 12.7 Å². The van der Waals surface area contributed by atoms with E-state index in [-0.39, 0.29) is 19.4 Å². The van der Waals surface area contributed by atoms with Crippen LogP contribution in [0.2, 0.25) is 0 Å². The summed E-state index contributed by atoms with van der Waals surface area (Å²) in [6.45, 7) is 4.27. The van der Waals surface area contributed by atoms with E-state index < -0.39 is 24.6 Å². The highest BCUT2D eigenvalue weighted by Crippen LogP contribution is 2.14. The second-order valence-electron chi connectivity index (χ2n) is 9.02. The second-order valence-corrected chi connectivity index (χ2v) is 9.02. The number of carbonyl (C=O) groups excluding carboxylic acids is 2. The highest BCUT2D eigenvalue weighted by molar-refractivity contribution is 5.77. The average Bonchev–Trinajstić information content (AvgIpc) is 2.75. The molecule has 2 N–H and O–H groups in total. The number of aliphatic hydroxyl groups is 2.